The minimum atomic E-state index is -0.995. The Morgan fingerprint density at radius 2 is 2.00 bits per heavy atom. The second-order valence-corrected chi connectivity index (χ2v) is 4.83. The summed E-state index contributed by atoms with van der Waals surface area (Å²) in [6.45, 7) is 0.248. The number of amides is 1. The molecule has 2 N–H and O–H groups in total. The number of carbonyl (C=O) groups excluding carboxylic acids is 1. The summed E-state index contributed by atoms with van der Waals surface area (Å²) in [4.78, 5) is 24.0. The lowest BCUT2D eigenvalue weighted by Crippen LogP contribution is -2.37. The number of aliphatic hydroxyl groups is 1. The van der Waals surface area contributed by atoms with E-state index in [2.05, 4.69) is 0 Å². The molecule has 1 aliphatic heterocycles. The number of aliphatic carboxylic acids is 1. The minimum Gasteiger partial charge on any atom is -0.481 e. The van der Waals surface area contributed by atoms with Crippen LogP contribution in [0, 0.1) is 0 Å². The first-order valence-corrected chi connectivity index (χ1v) is 6.43. The van der Waals surface area contributed by atoms with Gasteiger partial charge in [-0.05, 0) is 12.0 Å². The fourth-order valence-electron chi connectivity index (χ4n) is 2.31. The lowest BCUT2D eigenvalue weighted by atomic mass is 10.1. The van der Waals surface area contributed by atoms with Crippen LogP contribution in [0.15, 0.2) is 30.3 Å². The molecule has 0 spiro atoms. The van der Waals surface area contributed by atoms with Gasteiger partial charge in [0.25, 0.3) is 0 Å². The van der Waals surface area contributed by atoms with Gasteiger partial charge < -0.3 is 19.8 Å². The van der Waals surface area contributed by atoms with Crippen LogP contribution in [-0.2, 0) is 16.1 Å². The smallest absolute Gasteiger partial charge is 0.410 e. The maximum Gasteiger partial charge on any atom is 0.410 e. The van der Waals surface area contributed by atoms with Crippen molar-refractivity contribution in [3.05, 3.63) is 35.9 Å². The average molecular weight is 279 g/mol. The fraction of sp³-hybridized carbons (Fsp3) is 0.429. The van der Waals surface area contributed by atoms with Gasteiger partial charge in [0.1, 0.15) is 6.61 Å². The second-order valence-electron chi connectivity index (χ2n) is 4.83. The Kier molecular flexibility index (Phi) is 4.57. The molecule has 1 heterocycles. The van der Waals surface area contributed by atoms with E-state index in [1.165, 1.54) is 4.90 Å². The molecule has 0 saturated carbocycles. The lowest BCUT2D eigenvalue weighted by molar-refractivity contribution is -0.138. The number of aliphatic hydroxyl groups excluding tert-OH is 1. The van der Waals surface area contributed by atoms with E-state index < -0.39 is 24.2 Å². The molecule has 20 heavy (non-hydrogen) atoms. The Hall–Kier alpha value is -2.08. The van der Waals surface area contributed by atoms with Crippen molar-refractivity contribution >= 4 is 12.1 Å². The van der Waals surface area contributed by atoms with E-state index in [4.69, 9.17) is 9.84 Å². The lowest BCUT2D eigenvalue weighted by Gasteiger charge is -2.22. The number of hydrogen-bond donors (Lipinski definition) is 2. The van der Waals surface area contributed by atoms with E-state index in [0.717, 1.165) is 5.56 Å². The van der Waals surface area contributed by atoms with Crippen molar-refractivity contribution in [3.63, 3.8) is 0 Å². The molecule has 108 valence electrons. The Bertz CT molecular complexity index is 476. The number of likely N-dealkylation sites (tertiary alicyclic amines) is 1. The van der Waals surface area contributed by atoms with Crippen LogP contribution in [0.2, 0.25) is 0 Å². The predicted molar refractivity (Wildman–Crippen MR) is 70.0 cm³/mol. The third-order valence-corrected chi connectivity index (χ3v) is 3.24. The molecule has 1 amide bonds. The summed E-state index contributed by atoms with van der Waals surface area (Å²) >= 11 is 0. The summed E-state index contributed by atoms with van der Waals surface area (Å²) in [6.07, 6.45) is -1.19. The van der Waals surface area contributed by atoms with E-state index >= 15 is 0 Å². The molecule has 2 rings (SSSR count). The van der Waals surface area contributed by atoms with E-state index in [1.54, 1.807) is 0 Å². The van der Waals surface area contributed by atoms with Crippen LogP contribution in [0.5, 0.6) is 0 Å². The second kappa shape index (κ2) is 6.38. The van der Waals surface area contributed by atoms with Gasteiger partial charge in [-0.2, -0.15) is 0 Å². The van der Waals surface area contributed by atoms with E-state index in [9.17, 15) is 14.7 Å². The maximum absolute atomic E-state index is 12.0. The molecule has 2 atom stereocenters. The van der Waals surface area contributed by atoms with Crippen molar-refractivity contribution in [1.29, 1.82) is 0 Å². The van der Waals surface area contributed by atoms with Crippen LogP contribution >= 0.6 is 0 Å². The molecule has 0 aromatic heterocycles. The van der Waals surface area contributed by atoms with Gasteiger partial charge in [-0.1, -0.05) is 30.3 Å². The van der Waals surface area contributed by atoms with Gasteiger partial charge in [0.05, 0.1) is 19.1 Å². The third-order valence-electron chi connectivity index (χ3n) is 3.24. The summed E-state index contributed by atoms with van der Waals surface area (Å²) in [5.74, 6) is -0.995. The van der Waals surface area contributed by atoms with Crippen LogP contribution in [0.1, 0.15) is 18.4 Å². The zero-order valence-electron chi connectivity index (χ0n) is 10.9. The Morgan fingerprint density at radius 1 is 1.30 bits per heavy atom. The normalized spacial score (nSPS) is 21.8. The topological polar surface area (TPSA) is 87.1 Å². The van der Waals surface area contributed by atoms with Crippen LogP contribution in [-0.4, -0.2) is 45.9 Å². The SMILES string of the molecule is O=C(O)C[C@@H]1C[C@@H](O)CN1C(=O)OCc1ccccc1. The van der Waals surface area contributed by atoms with Gasteiger partial charge >= 0.3 is 12.1 Å². The molecule has 0 unspecified atom stereocenters. The molecule has 6 heteroatoms. The first-order valence-electron chi connectivity index (χ1n) is 6.43. The summed E-state index contributed by atoms with van der Waals surface area (Å²) in [5, 5.41) is 18.4. The largest absolute Gasteiger partial charge is 0.481 e. The van der Waals surface area contributed by atoms with E-state index in [1.807, 2.05) is 30.3 Å². The molecule has 6 nitrogen and oxygen atoms in total. The molecule has 1 aliphatic rings. The quantitative estimate of drug-likeness (QED) is 0.865. The van der Waals surface area contributed by atoms with Gasteiger partial charge in [-0.15, -0.1) is 0 Å². The molecular formula is C14H17NO5. The molecule has 1 fully saturated rings. The number of carbonyl (C=O) groups is 2. The van der Waals surface area contributed by atoms with Crippen molar-refractivity contribution in [3.8, 4) is 0 Å². The van der Waals surface area contributed by atoms with Crippen LogP contribution < -0.4 is 0 Å². The molecule has 1 aromatic carbocycles. The highest BCUT2D eigenvalue weighted by atomic mass is 16.6. The molecular weight excluding hydrogens is 262 g/mol. The van der Waals surface area contributed by atoms with Gasteiger partial charge in [-0.3, -0.25) is 4.79 Å². The molecule has 0 bridgehead atoms. The van der Waals surface area contributed by atoms with Crippen LogP contribution in [0.3, 0.4) is 0 Å². The van der Waals surface area contributed by atoms with E-state index in [0.29, 0.717) is 0 Å². The summed E-state index contributed by atoms with van der Waals surface area (Å²) in [6, 6.07) is 8.71. The number of benzene rings is 1. The summed E-state index contributed by atoms with van der Waals surface area (Å²) in [7, 11) is 0. The number of rotatable bonds is 4. The molecule has 0 aliphatic carbocycles. The number of hydrogen-bond acceptors (Lipinski definition) is 4. The van der Waals surface area contributed by atoms with E-state index in [-0.39, 0.29) is 26.0 Å². The number of carboxylic acids is 1. The van der Waals surface area contributed by atoms with Crippen LogP contribution in [0.4, 0.5) is 4.79 Å². The molecule has 0 radical (unpaired) electrons. The van der Waals surface area contributed by atoms with Crippen molar-refractivity contribution < 1.29 is 24.5 Å². The molecule has 1 aromatic rings. The zero-order valence-corrected chi connectivity index (χ0v) is 10.9. The predicted octanol–water partition coefficient (Wildman–Crippen LogP) is 1.23. The maximum atomic E-state index is 12.0. The standard InChI is InChI=1S/C14H17NO5/c16-12-6-11(7-13(17)18)15(8-12)14(19)20-9-10-4-2-1-3-5-10/h1-5,11-12,16H,6-9H2,(H,17,18)/t11-,12+/m0/s1. The highest BCUT2D eigenvalue weighted by Crippen LogP contribution is 2.22. The van der Waals surface area contributed by atoms with Gasteiger partial charge in [0.2, 0.25) is 0 Å². The Morgan fingerprint density at radius 3 is 2.65 bits per heavy atom. The van der Waals surface area contributed by atoms with Crippen molar-refractivity contribution in [2.24, 2.45) is 0 Å². The summed E-state index contributed by atoms with van der Waals surface area (Å²) < 4.78 is 5.16. The monoisotopic (exact) mass is 279 g/mol. The number of nitrogens with zero attached hydrogens (tertiary/aromatic N) is 1. The third kappa shape index (κ3) is 3.71. The summed E-state index contributed by atoms with van der Waals surface area (Å²) in [5.41, 5.74) is 0.857. The van der Waals surface area contributed by atoms with Gasteiger partial charge in [0, 0.05) is 6.04 Å². The van der Waals surface area contributed by atoms with Gasteiger partial charge in [0.15, 0.2) is 0 Å². The Balaban J connectivity index is 1.91. The number of ether oxygens (including phenoxy) is 1. The Labute approximate surface area is 116 Å². The zero-order chi connectivity index (χ0) is 14.5. The van der Waals surface area contributed by atoms with Crippen molar-refractivity contribution in [1.82, 2.24) is 4.90 Å². The average Bonchev–Trinajstić information content (AvgIpc) is 2.77. The molecule has 1 saturated heterocycles. The minimum absolute atomic E-state index is 0.117. The first kappa shape index (κ1) is 14.3. The van der Waals surface area contributed by atoms with Crippen molar-refractivity contribution in [2.75, 3.05) is 6.54 Å². The van der Waals surface area contributed by atoms with Crippen LogP contribution in [0.25, 0.3) is 0 Å². The van der Waals surface area contributed by atoms with Gasteiger partial charge in [-0.25, -0.2) is 4.79 Å². The fourth-order valence-corrected chi connectivity index (χ4v) is 2.31. The van der Waals surface area contributed by atoms with Crippen molar-refractivity contribution in [2.45, 2.75) is 31.6 Å². The highest BCUT2D eigenvalue weighted by Gasteiger charge is 2.36. The highest BCUT2D eigenvalue weighted by molar-refractivity contribution is 5.72. The number of carboxylic acid groups (broad SMARTS) is 1. The number of β-amino-alcohol motifs (C(OH)–C–C–N with tert-alkyl or cyclic N) is 1. The first-order chi connectivity index (χ1) is 9.56.